The van der Waals surface area contributed by atoms with Crippen LogP contribution < -0.4 is 10.6 Å². The van der Waals surface area contributed by atoms with Gasteiger partial charge in [-0.2, -0.15) is 0 Å². The summed E-state index contributed by atoms with van der Waals surface area (Å²) >= 11 is 0. The number of esters is 1. The summed E-state index contributed by atoms with van der Waals surface area (Å²) in [6.07, 6.45) is 2.20. The molecule has 0 aromatic carbocycles. The summed E-state index contributed by atoms with van der Waals surface area (Å²) in [5.41, 5.74) is -1.35. The molecular weight excluding hydrogens is 310 g/mol. The molecule has 0 bridgehead atoms. The Morgan fingerprint density at radius 3 is 2.33 bits per heavy atom. The molecule has 0 radical (unpaired) electrons. The summed E-state index contributed by atoms with van der Waals surface area (Å²) in [6, 6.07) is -0.685. The average molecular weight is 339 g/mol. The average Bonchev–Trinajstić information content (AvgIpc) is 2.72. The first-order valence-corrected chi connectivity index (χ1v) is 8.67. The smallest absolute Gasteiger partial charge is 0.323 e. The number of nitrogens with one attached hydrogen (secondary N) is 2. The highest BCUT2D eigenvalue weighted by Gasteiger charge is 2.49. The molecular formula is C17H29N3O4. The molecule has 0 saturated carbocycles. The first-order chi connectivity index (χ1) is 11.1. The number of amides is 3. The number of imide groups is 1. The van der Waals surface area contributed by atoms with Crippen molar-refractivity contribution in [3.05, 3.63) is 0 Å². The lowest BCUT2D eigenvalue weighted by Crippen LogP contribution is -2.55. The monoisotopic (exact) mass is 339 g/mol. The number of carbonyl (C=O) groups is 3. The lowest BCUT2D eigenvalue weighted by atomic mass is 9.78. The van der Waals surface area contributed by atoms with Crippen molar-refractivity contribution in [2.45, 2.75) is 71.1 Å². The molecule has 0 aromatic heterocycles. The Morgan fingerprint density at radius 1 is 1.33 bits per heavy atom. The zero-order valence-corrected chi connectivity index (χ0v) is 15.3. The fourth-order valence-electron chi connectivity index (χ4n) is 3.58. The standard InChI is InChI=1S/C17H29N3O4/c1-6-12(13(21)24-16(2,3)4)20-9-7-11(8-10-20)17(5)14(22)18-15(23)19-17/h11-12H,6-10H2,1-5H3,(H2,18,19,22,23). The van der Waals surface area contributed by atoms with Crippen LogP contribution >= 0.6 is 0 Å². The first kappa shape index (κ1) is 18.7. The van der Waals surface area contributed by atoms with Gasteiger partial charge in [-0.3, -0.25) is 19.8 Å². The lowest BCUT2D eigenvalue weighted by molar-refractivity contribution is -0.162. The minimum absolute atomic E-state index is 0.0661. The van der Waals surface area contributed by atoms with E-state index < -0.39 is 17.2 Å². The molecule has 2 unspecified atom stereocenters. The van der Waals surface area contributed by atoms with Gasteiger partial charge in [-0.25, -0.2) is 4.79 Å². The number of likely N-dealkylation sites (tertiary alicyclic amines) is 1. The first-order valence-electron chi connectivity index (χ1n) is 8.67. The van der Waals surface area contributed by atoms with Crippen LogP contribution in [0, 0.1) is 5.92 Å². The maximum atomic E-state index is 12.4. The second-order valence-corrected chi connectivity index (χ2v) is 7.88. The van der Waals surface area contributed by atoms with Crippen LogP contribution in [0.3, 0.4) is 0 Å². The molecule has 7 heteroatoms. The predicted octanol–water partition coefficient (Wildman–Crippen LogP) is 1.42. The van der Waals surface area contributed by atoms with Gasteiger partial charge < -0.3 is 10.1 Å². The van der Waals surface area contributed by atoms with Crippen molar-refractivity contribution in [3.8, 4) is 0 Å². The molecule has 2 fully saturated rings. The number of carbonyl (C=O) groups excluding carboxylic acids is 3. The number of hydrogen-bond acceptors (Lipinski definition) is 5. The minimum atomic E-state index is -0.850. The van der Waals surface area contributed by atoms with Gasteiger partial charge in [-0.05, 0) is 66.0 Å². The van der Waals surface area contributed by atoms with Crippen LogP contribution in [0.15, 0.2) is 0 Å². The van der Waals surface area contributed by atoms with Crippen LogP contribution in [-0.4, -0.2) is 53.1 Å². The van der Waals surface area contributed by atoms with E-state index in [9.17, 15) is 14.4 Å². The summed E-state index contributed by atoms with van der Waals surface area (Å²) < 4.78 is 5.52. The molecule has 136 valence electrons. The van der Waals surface area contributed by atoms with Gasteiger partial charge in [0.15, 0.2) is 0 Å². The quantitative estimate of drug-likeness (QED) is 0.597. The maximum absolute atomic E-state index is 12.4. The van der Waals surface area contributed by atoms with Crippen LogP contribution in [0.1, 0.15) is 53.9 Å². The molecule has 3 amide bonds. The molecule has 2 atom stereocenters. The highest BCUT2D eigenvalue weighted by Crippen LogP contribution is 2.31. The molecule has 24 heavy (non-hydrogen) atoms. The molecule has 0 aromatic rings. The highest BCUT2D eigenvalue weighted by molar-refractivity contribution is 6.06. The topological polar surface area (TPSA) is 87.7 Å². The van der Waals surface area contributed by atoms with E-state index in [2.05, 4.69) is 15.5 Å². The molecule has 0 aliphatic carbocycles. The van der Waals surface area contributed by atoms with Crippen molar-refractivity contribution in [1.29, 1.82) is 0 Å². The van der Waals surface area contributed by atoms with Crippen LogP contribution in [0.2, 0.25) is 0 Å². The number of hydrogen-bond donors (Lipinski definition) is 2. The Morgan fingerprint density at radius 2 is 1.92 bits per heavy atom. The van der Waals surface area contributed by atoms with Crippen molar-refractivity contribution < 1.29 is 19.1 Å². The van der Waals surface area contributed by atoms with Crippen LogP contribution in [0.4, 0.5) is 4.79 Å². The second-order valence-electron chi connectivity index (χ2n) is 7.88. The third-order valence-corrected chi connectivity index (χ3v) is 4.92. The molecule has 2 rings (SSSR count). The van der Waals surface area contributed by atoms with Crippen LogP contribution in [0.5, 0.6) is 0 Å². The fraction of sp³-hybridized carbons (Fsp3) is 0.824. The minimum Gasteiger partial charge on any atom is -0.459 e. The second kappa shape index (κ2) is 6.70. The zero-order chi connectivity index (χ0) is 18.1. The Bertz CT molecular complexity index is 520. The van der Waals surface area contributed by atoms with Crippen molar-refractivity contribution in [3.63, 3.8) is 0 Å². The van der Waals surface area contributed by atoms with Gasteiger partial charge >= 0.3 is 12.0 Å². The van der Waals surface area contributed by atoms with Gasteiger partial charge in [0, 0.05) is 0 Å². The lowest BCUT2D eigenvalue weighted by Gasteiger charge is -2.41. The van der Waals surface area contributed by atoms with E-state index in [1.54, 1.807) is 6.92 Å². The van der Waals surface area contributed by atoms with E-state index in [4.69, 9.17) is 4.74 Å². The Kier molecular flexibility index (Phi) is 5.22. The van der Waals surface area contributed by atoms with Crippen molar-refractivity contribution in [2.75, 3.05) is 13.1 Å². The largest absolute Gasteiger partial charge is 0.459 e. The summed E-state index contributed by atoms with van der Waals surface area (Å²) in [5, 5.41) is 5.07. The van der Waals surface area contributed by atoms with E-state index in [0.717, 1.165) is 12.8 Å². The predicted molar refractivity (Wildman–Crippen MR) is 89.3 cm³/mol. The zero-order valence-electron chi connectivity index (χ0n) is 15.3. The number of ether oxygens (including phenoxy) is 1. The van der Waals surface area contributed by atoms with E-state index in [1.807, 2.05) is 27.7 Å². The third-order valence-electron chi connectivity index (χ3n) is 4.92. The summed E-state index contributed by atoms with van der Waals surface area (Å²) in [5.74, 6) is -0.386. The SMILES string of the molecule is CCC(C(=O)OC(C)(C)C)N1CCC(C2(C)NC(=O)NC2=O)CC1. The number of nitrogens with zero attached hydrogens (tertiary/aromatic N) is 1. The van der Waals surface area contributed by atoms with Gasteiger partial charge in [0.25, 0.3) is 5.91 Å². The fourth-order valence-corrected chi connectivity index (χ4v) is 3.58. The van der Waals surface area contributed by atoms with Crippen molar-refractivity contribution in [1.82, 2.24) is 15.5 Å². The van der Waals surface area contributed by atoms with Gasteiger partial charge in [0.1, 0.15) is 17.2 Å². The van der Waals surface area contributed by atoms with Gasteiger partial charge in [-0.15, -0.1) is 0 Å². The van der Waals surface area contributed by atoms with E-state index in [1.165, 1.54) is 0 Å². The van der Waals surface area contributed by atoms with Crippen LogP contribution in [-0.2, 0) is 14.3 Å². The van der Waals surface area contributed by atoms with Gasteiger partial charge in [-0.1, -0.05) is 6.92 Å². The maximum Gasteiger partial charge on any atom is 0.323 e. The number of rotatable bonds is 4. The molecule has 2 aliphatic heterocycles. The molecule has 2 N–H and O–H groups in total. The van der Waals surface area contributed by atoms with E-state index in [-0.39, 0.29) is 23.8 Å². The van der Waals surface area contributed by atoms with Crippen LogP contribution in [0.25, 0.3) is 0 Å². The summed E-state index contributed by atoms with van der Waals surface area (Å²) in [4.78, 5) is 38.0. The van der Waals surface area contributed by atoms with E-state index >= 15 is 0 Å². The van der Waals surface area contributed by atoms with Crippen molar-refractivity contribution >= 4 is 17.9 Å². The van der Waals surface area contributed by atoms with Crippen molar-refractivity contribution in [2.24, 2.45) is 5.92 Å². The Balaban J connectivity index is 1.97. The Labute approximate surface area is 143 Å². The molecule has 2 saturated heterocycles. The summed E-state index contributed by atoms with van der Waals surface area (Å²) in [7, 11) is 0. The highest BCUT2D eigenvalue weighted by atomic mass is 16.6. The molecule has 2 aliphatic rings. The van der Waals surface area contributed by atoms with E-state index in [0.29, 0.717) is 19.5 Å². The van der Waals surface area contributed by atoms with Gasteiger partial charge in [0.2, 0.25) is 0 Å². The molecule has 2 heterocycles. The Hall–Kier alpha value is -1.63. The molecule has 7 nitrogen and oxygen atoms in total. The normalized spacial score (nSPS) is 27.5. The third kappa shape index (κ3) is 3.88. The number of urea groups is 1. The van der Waals surface area contributed by atoms with Gasteiger partial charge in [0.05, 0.1) is 0 Å². The molecule has 0 spiro atoms. The number of piperidine rings is 1. The summed E-state index contributed by atoms with van der Waals surface area (Å²) in [6.45, 7) is 10.8.